The van der Waals surface area contributed by atoms with Gasteiger partial charge in [-0.3, -0.25) is 0 Å². The van der Waals surface area contributed by atoms with Gasteiger partial charge in [-0.15, -0.1) is 23.2 Å². The Bertz CT molecular complexity index is 314. The van der Waals surface area contributed by atoms with Crippen molar-refractivity contribution in [3.8, 4) is 0 Å². The molecular formula is C12H16Cl2. The minimum atomic E-state index is 0.276. The van der Waals surface area contributed by atoms with Crippen LogP contribution in [0.1, 0.15) is 28.2 Å². The molecule has 1 aromatic carbocycles. The molecule has 0 unspecified atom stereocenters. The lowest BCUT2D eigenvalue weighted by molar-refractivity contribution is 0.869. The summed E-state index contributed by atoms with van der Waals surface area (Å²) < 4.78 is 0. The van der Waals surface area contributed by atoms with Gasteiger partial charge in [0.25, 0.3) is 0 Å². The molecule has 1 aromatic rings. The van der Waals surface area contributed by atoms with Gasteiger partial charge >= 0.3 is 0 Å². The monoisotopic (exact) mass is 230 g/mol. The van der Waals surface area contributed by atoms with E-state index < -0.39 is 0 Å². The minimum absolute atomic E-state index is 0.276. The number of hydrogen-bond donors (Lipinski definition) is 0. The molecule has 0 aliphatic carbocycles. The highest BCUT2D eigenvalue weighted by molar-refractivity contribution is 6.21. The molecule has 0 aliphatic rings. The summed E-state index contributed by atoms with van der Waals surface area (Å²) in [7, 11) is 0. The van der Waals surface area contributed by atoms with Crippen molar-refractivity contribution < 1.29 is 0 Å². The quantitative estimate of drug-likeness (QED) is 0.685. The van der Waals surface area contributed by atoms with Gasteiger partial charge in [0, 0.05) is 17.7 Å². The van der Waals surface area contributed by atoms with Gasteiger partial charge in [-0.05, 0) is 43.0 Å². The van der Waals surface area contributed by atoms with Crippen LogP contribution < -0.4 is 0 Å². The first kappa shape index (κ1) is 11.9. The molecule has 78 valence electrons. The Morgan fingerprint density at radius 3 is 1.93 bits per heavy atom. The number of halogens is 2. The first-order chi connectivity index (χ1) is 6.60. The Morgan fingerprint density at radius 2 is 1.43 bits per heavy atom. The summed E-state index contributed by atoms with van der Waals surface area (Å²) in [6.07, 6.45) is 0. The summed E-state index contributed by atoms with van der Waals surface area (Å²) >= 11 is 11.8. The summed E-state index contributed by atoms with van der Waals surface area (Å²) in [4.78, 5) is 0. The molecule has 0 radical (unpaired) electrons. The maximum Gasteiger partial charge on any atom is 0.0303 e. The zero-order chi connectivity index (χ0) is 10.7. The number of hydrogen-bond acceptors (Lipinski definition) is 0. The lowest BCUT2D eigenvalue weighted by Crippen LogP contribution is -2.05. The van der Waals surface area contributed by atoms with Crippen molar-refractivity contribution >= 4 is 23.2 Å². The van der Waals surface area contributed by atoms with Crippen LogP contribution in [0.15, 0.2) is 12.1 Å². The van der Waals surface area contributed by atoms with Crippen LogP contribution in [0, 0.1) is 20.8 Å². The van der Waals surface area contributed by atoms with Crippen LogP contribution in [0.4, 0.5) is 0 Å². The molecule has 0 atom stereocenters. The Morgan fingerprint density at radius 1 is 0.929 bits per heavy atom. The fraction of sp³-hybridized carbons (Fsp3) is 0.500. The molecule has 0 saturated heterocycles. The number of rotatable bonds is 3. The van der Waals surface area contributed by atoms with Crippen LogP contribution in [-0.4, -0.2) is 11.8 Å². The van der Waals surface area contributed by atoms with E-state index in [1.165, 1.54) is 22.3 Å². The first-order valence-corrected chi connectivity index (χ1v) is 5.86. The molecule has 2 heteroatoms. The third kappa shape index (κ3) is 2.43. The van der Waals surface area contributed by atoms with Crippen LogP contribution in [0.25, 0.3) is 0 Å². The summed E-state index contributed by atoms with van der Waals surface area (Å²) in [6.45, 7) is 6.37. The van der Waals surface area contributed by atoms with Crippen molar-refractivity contribution in [1.82, 2.24) is 0 Å². The Hall–Kier alpha value is -0.200. The second-order valence-corrected chi connectivity index (χ2v) is 4.42. The molecule has 0 fully saturated rings. The molecule has 0 spiro atoms. The van der Waals surface area contributed by atoms with Crippen LogP contribution in [0.3, 0.4) is 0 Å². The van der Waals surface area contributed by atoms with Crippen molar-refractivity contribution in [3.05, 3.63) is 34.4 Å². The van der Waals surface area contributed by atoms with E-state index in [0.717, 1.165) is 0 Å². The van der Waals surface area contributed by atoms with Gasteiger partial charge in [0.1, 0.15) is 0 Å². The van der Waals surface area contributed by atoms with Crippen molar-refractivity contribution in [2.75, 3.05) is 11.8 Å². The van der Waals surface area contributed by atoms with E-state index in [0.29, 0.717) is 11.8 Å². The highest BCUT2D eigenvalue weighted by Crippen LogP contribution is 2.25. The third-order valence-corrected chi connectivity index (χ3v) is 3.44. The lowest BCUT2D eigenvalue weighted by Gasteiger charge is -2.16. The van der Waals surface area contributed by atoms with E-state index in [2.05, 4.69) is 32.9 Å². The minimum Gasteiger partial charge on any atom is -0.126 e. The maximum atomic E-state index is 5.88. The highest BCUT2D eigenvalue weighted by atomic mass is 35.5. The van der Waals surface area contributed by atoms with Gasteiger partial charge in [-0.1, -0.05) is 12.1 Å². The van der Waals surface area contributed by atoms with Crippen LogP contribution in [-0.2, 0) is 0 Å². The summed E-state index contributed by atoms with van der Waals surface area (Å²) in [5, 5.41) is 0. The smallest absolute Gasteiger partial charge is 0.0303 e. The normalized spacial score (nSPS) is 11.0. The first-order valence-electron chi connectivity index (χ1n) is 4.79. The lowest BCUT2D eigenvalue weighted by atomic mass is 9.93. The predicted molar refractivity (Wildman–Crippen MR) is 64.8 cm³/mol. The number of benzene rings is 1. The van der Waals surface area contributed by atoms with Crippen molar-refractivity contribution in [3.63, 3.8) is 0 Å². The third-order valence-electron chi connectivity index (χ3n) is 2.69. The van der Waals surface area contributed by atoms with E-state index >= 15 is 0 Å². The average molecular weight is 231 g/mol. The standard InChI is InChI=1S/C12H16Cl2/c1-8-4-10(3)12(5-9(8)2)11(6-13)7-14/h4-5,11H,6-7H2,1-3H3. The van der Waals surface area contributed by atoms with Gasteiger partial charge in [0.15, 0.2) is 0 Å². The number of alkyl halides is 2. The molecule has 0 saturated carbocycles. The van der Waals surface area contributed by atoms with Crippen LogP contribution >= 0.6 is 23.2 Å². The van der Waals surface area contributed by atoms with Gasteiger partial charge in [-0.25, -0.2) is 0 Å². The van der Waals surface area contributed by atoms with E-state index in [1.807, 2.05) is 0 Å². The van der Waals surface area contributed by atoms with E-state index in [4.69, 9.17) is 23.2 Å². The van der Waals surface area contributed by atoms with E-state index in [9.17, 15) is 0 Å². The van der Waals surface area contributed by atoms with Gasteiger partial charge in [0.2, 0.25) is 0 Å². The van der Waals surface area contributed by atoms with Gasteiger partial charge in [0.05, 0.1) is 0 Å². The molecule has 0 amide bonds. The number of aryl methyl sites for hydroxylation is 3. The second kappa shape index (κ2) is 5.04. The molecule has 0 heterocycles. The maximum absolute atomic E-state index is 5.88. The predicted octanol–water partition coefficient (Wildman–Crippen LogP) is 4.17. The van der Waals surface area contributed by atoms with E-state index in [-0.39, 0.29) is 5.92 Å². The van der Waals surface area contributed by atoms with Crippen molar-refractivity contribution in [2.24, 2.45) is 0 Å². The summed E-state index contributed by atoms with van der Waals surface area (Å²) in [5.41, 5.74) is 5.22. The van der Waals surface area contributed by atoms with Crippen molar-refractivity contribution in [2.45, 2.75) is 26.7 Å². The molecule has 1 rings (SSSR count). The van der Waals surface area contributed by atoms with E-state index in [1.54, 1.807) is 0 Å². The van der Waals surface area contributed by atoms with Crippen molar-refractivity contribution in [1.29, 1.82) is 0 Å². The average Bonchev–Trinajstić information content (AvgIpc) is 2.15. The van der Waals surface area contributed by atoms with Crippen LogP contribution in [0.5, 0.6) is 0 Å². The fourth-order valence-electron chi connectivity index (χ4n) is 1.63. The molecule has 0 N–H and O–H groups in total. The molecule has 14 heavy (non-hydrogen) atoms. The molecule has 0 aliphatic heterocycles. The Kier molecular flexibility index (Phi) is 4.28. The van der Waals surface area contributed by atoms with Gasteiger partial charge < -0.3 is 0 Å². The molecule has 0 aromatic heterocycles. The molecular weight excluding hydrogens is 215 g/mol. The fourth-order valence-corrected chi connectivity index (χ4v) is 2.29. The largest absolute Gasteiger partial charge is 0.126 e. The molecule has 0 nitrogen and oxygen atoms in total. The second-order valence-electron chi connectivity index (χ2n) is 3.80. The van der Waals surface area contributed by atoms with Gasteiger partial charge in [-0.2, -0.15) is 0 Å². The topological polar surface area (TPSA) is 0 Å². The molecule has 0 bridgehead atoms. The SMILES string of the molecule is Cc1cc(C)c(C(CCl)CCl)cc1C. The zero-order valence-electron chi connectivity index (χ0n) is 8.90. The zero-order valence-corrected chi connectivity index (χ0v) is 10.4. The van der Waals surface area contributed by atoms with Crippen LogP contribution in [0.2, 0.25) is 0 Å². The summed E-state index contributed by atoms with van der Waals surface area (Å²) in [6, 6.07) is 4.41. The highest BCUT2D eigenvalue weighted by Gasteiger charge is 2.12. The Balaban J connectivity index is 3.14. The Labute approximate surface area is 96.2 Å². The summed E-state index contributed by atoms with van der Waals surface area (Å²) in [5.74, 6) is 1.46.